The quantitative estimate of drug-likeness (QED) is 0.319. The number of amides is 4. The van der Waals surface area contributed by atoms with Gasteiger partial charge in [0.15, 0.2) is 0 Å². The highest BCUT2D eigenvalue weighted by Crippen LogP contribution is 2.31. The number of rotatable bonds is 8. The van der Waals surface area contributed by atoms with E-state index in [1.54, 1.807) is 12.1 Å². The number of carbonyl (C=O) groups is 3. The maximum absolute atomic E-state index is 12.9. The van der Waals surface area contributed by atoms with Crippen LogP contribution in [0.2, 0.25) is 5.02 Å². The third-order valence-corrected chi connectivity index (χ3v) is 6.11. The molecule has 206 valence electrons. The molecular weight excluding hydrogens is 525 g/mol. The number of urea groups is 1. The molecule has 3 rings (SSSR count). The van der Waals surface area contributed by atoms with Crippen molar-refractivity contribution in [2.24, 2.45) is 0 Å². The van der Waals surface area contributed by atoms with E-state index in [0.29, 0.717) is 42.8 Å². The Bertz CT molecular complexity index is 1190. The highest BCUT2D eigenvalue weighted by molar-refractivity contribution is 6.33. The van der Waals surface area contributed by atoms with E-state index in [-0.39, 0.29) is 29.4 Å². The summed E-state index contributed by atoms with van der Waals surface area (Å²) in [5.74, 6) is -1.34. The summed E-state index contributed by atoms with van der Waals surface area (Å²) >= 11 is 6.21. The molecule has 0 saturated carbocycles. The second-order valence-corrected chi connectivity index (χ2v) is 9.75. The first kappa shape index (κ1) is 29.1. The monoisotopic (exact) mass is 554 g/mol. The third-order valence-electron chi connectivity index (χ3n) is 5.78. The zero-order valence-corrected chi connectivity index (χ0v) is 21.7. The fourth-order valence-corrected chi connectivity index (χ4v) is 4.17. The Labute approximate surface area is 223 Å². The van der Waals surface area contributed by atoms with Crippen LogP contribution in [0.3, 0.4) is 0 Å². The number of nitrogens with two attached hydrogens (primary N) is 1. The van der Waals surface area contributed by atoms with Crippen molar-refractivity contribution < 1.29 is 27.6 Å². The van der Waals surface area contributed by atoms with Gasteiger partial charge in [0, 0.05) is 37.4 Å². The number of nitrogens with zero attached hydrogens (tertiary/aromatic N) is 1. The van der Waals surface area contributed by atoms with E-state index in [2.05, 4.69) is 26.2 Å². The molecule has 9 nitrogen and oxygen atoms in total. The minimum atomic E-state index is -4.62. The second kappa shape index (κ2) is 12.4. The maximum Gasteiger partial charge on any atom is 0.416 e. The van der Waals surface area contributed by atoms with Crippen molar-refractivity contribution in [3.05, 3.63) is 58.1 Å². The van der Waals surface area contributed by atoms with Crippen molar-refractivity contribution in [2.45, 2.75) is 45.1 Å². The first-order valence-electron chi connectivity index (χ1n) is 11.9. The summed E-state index contributed by atoms with van der Waals surface area (Å²) in [6.07, 6.45) is -3.95. The average molecular weight is 555 g/mol. The number of hydrogen-bond donors (Lipinski definition) is 5. The number of nitrogen functional groups attached to an aromatic ring is 1. The lowest BCUT2D eigenvalue weighted by Gasteiger charge is -2.18. The number of alkyl halides is 3. The summed E-state index contributed by atoms with van der Waals surface area (Å²) in [5, 5.41) is 11.0. The number of nitrogens with one attached hydrogen (secondary N) is 4. The average Bonchev–Trinajstić information content (AvgIpc) is 3.25. The van der Waals surface area contributed by atoms with E-state index in [1.807, 2.05) is 19.9 Å². The molecule has 1 fully saturated rings. The summed E-state index contributed by atoms with van der Waals surface area (Å²) < 4.78 is 38.8. The highest BCUT2D eigenvalue weighted by atomic mass is 35.5. The largest absolute Gasteiger partial charge is 0.416 e. The lowest BCUT2D eigenvalue weighted by molar-refractivity contribution is -0.137. The standard InChI is InChI=1S/C25H30ClF3N6O3/c1-14(2)32-24(38)34-21-9-15(3-5-19(21)26)12-35-8-7-17(13-35)33-22(36)11-31-23(37)18-10-16(25(27,28)29)4-6-20(18)30/h3-6,9-10,14,17H,7-8,11-13,30H2,1-2H3,(H,31,37)(H,33,36)(H2,32,34,38)/t17-/m1/s1. The van der Waals surface area contributed by atoms with Crippen molar-refractivity contribution >= 4 is 40.8 Å². The first-order valence-corrected chi connectivity index (χ1v) is 12.3. The molecule has 2 aromatic rings. The van der Waals surface area contributed by atoms with Crippen molar-refractivity contribution in [3.8, 4) is 0 Å². The number of benzene rings is 2. The molecule has 38 heavy (non-hydrogen) atoms. The van der Waals surface area contributed by atoms with Gasteiger partial charge in [-0.05, 0) is 56.2 Å². The van der Waals surface area contributed by atoms with Crippen LogP contribution in [0.4, 0.5) is 29.3 Å². The second-order valence-electron chi connectivity index (χ2n) is 9.34. The van der Waals surface area contributed by atoms with Crippen LogP contribution in [0.5, 0.6) is 0 Å². The van der Waals surface area contributed by atoms with Crippen LogP contribution in [0, 0.1) is 0 Å². The van der Waals surface area contributed by atoms with Crippen molar-refractivity contribution in [1.82, 2.24) is 20.9 Å². The van der Waals surface area contributed by atoms with Crippen LogP contribution in [0.1, 0.15) is 41.8 Å². The van der Waals surface area contributed by atoms with Crippen LogP contribution in [-0.4, -0.2) is 54.5 Å². The molecule has 1 aliphatic heterocycles. The summed E-state index contributed by atoms with van der Waals surface area (Å²) in [4.78, 5) is 38.8. The van der Waals surface area contributed by atoms with Gasteiger partial charge in [-0.1, -0.05) is 17.7 Å². The Morgan fingerprint density at radius 3 is 2.58 bits per heavy atom. The molecule has 2 aromatic carbocycles. The molecule has 1 heterocycles. The molecule has 0 spiro atoms. The third kappa shape index (κ3) is 8.25. The molecular formula is C25H30ClF3N6O3. The number of hydrogen-bond acceptors (Lipinski definition) is 5. The van der Waals surface area contributed by atoms with Gasteiger partial charge in [-0.25, -0.2) is 4.79 Å². The molecule has 13 heteroatoms. The molecule has 1 aliphatic rings. The van der Waals surface area contributed by atoms with Crippen LogP contribution in [0.25, 0.3) is 0 Å². The van der Waals surface area contributed by atoms with Crippen LogP contribution in [-0.2, 0) is 17.5 Å². The molecule has 0 bridgehead atoms. The van der Waals surface area contributed by atoms with E-state index in [0.717, 1.165) is 17.7 Å². The van der Waals surface area contributed by atoms with Gasteiger partial charge < -0.3 is 27.0 Å². The minimum absolute atomic E-state index is 0.0271. The smallest absolute Gasteiger partial charge is 0.398 e. The number of anilines is 2. The SMILES string of the molecule is CC(C)NC(=O)Nc1cc(CN2CC[C@@H](NC(=O)CNC(=O)c3cc(C(F)(F)F)ccc3N)C2)ccc1Cl. The Kier molecular flexibility index (Phi) is 9.45. The molecule has 4 amide bonds. The van der Waals surface area contributed by atoms with E-state index in [1.165, 1.54) is 0 Å². The van der Waals surface area contributed by atoms with Gasteiger partial charge >= 0.3 is 12.2 Å². The van der Waals surface area contributed by atoms with E-state index < -0.39 is 30.1 Å². The van der Waals surface area contributed by atoms with E-state index >= 15 is 0 Å². The minimum Gasteiger partial charge on any atom is -0.398 e. The number of likely N-dealkylation sites (tertiary alicyclic amines) is 1. The predicted octanol–water partition coefficient (Wildman–Crippen LogP) is 3.59. The maximum atomic E-state index is 12.9. The van der Waals surface area contributed by atoms with Gasteiger partial charge in [-0.3, -0.25) is 14.5 Å². The van der Waals surface area contributed by atoms with Gasteiger partial charge in [0.05, 0.1) is 28.4 Å². The van der Waals surface area contributed by atoms with Gasteiger partial charge in [-0.2, -0.15) is 13.2 Å². The Morgan fingerprint density at radius 1 is 1.16 bits per heavy atom. The number of carbonyl (C=O) groups excluding carboxylic acids is 3. The zero-order valence-electron chi connectivity index (χ0n) is 20.9. The van der Waals surface area contributed by atoms with Crippen molar-refractivity contribution in [1.29, 1.82) is 0 Å². The highest BCUT2D eigenvalue weighted by Gasteiger charge is 2.31. The van der Waals surface area contributed by atoms with Gasteiger partial charge in [-0.15, -0.1) is 0 Å². The van der Waals surface area contributed by atoms with Crippen molar-refractivity contribution in [3.63, 3.8) is 0 Å². The Balaban J connectivity index is 1.49. The van der Waals surface area contributed by atoms with Crippen LogP contribution >= 0.6 is 11.6 Å². The van der Waals surface area contributed by atoms with E-state index in [9.17, 15) is 27.6 Å². The fourth-order valence-electron chi connectivity index (χ4n) is 4.00. The zero-order chi connectivity index (χ0) is 28.0. The summed E-state index contributed by atoms with van der Waals surface area (Å²) in [7, 11) is 0. The molecule has 1 atom stereocenters. The molecule has 6 N–H and O–H groups in total. The molecule has 0 unspecified atom stereocenters. The topological polar surface area (TPSA) is 129 Å². The lowest BCUT2D eigenvalue weighted by Crippen LogP contribution is -2.43. The molecule has 0 aromatic heterocycles. The van der Waals surface area contributed by atoms with Crippen LogP contribution in [0.15, 0.2) is 36.4 Å². The van der Waals surface area contributed by atoms with Gasteiger partial charge in [0.25, 0.3) is 5.91 Å². The fraction of sp³-hybridized carbons (Fsp3) is 0.400. The normalized spacial score (nSPS) is 15.8. The molecule has 0 aliphatic carbocycles. The van der Waals surface area contributed by atoms with Gasteiger partial charge in [0.1, 0.15) is 0 Å². The Hall–Kier alpha value is -3.51. The first-order chi connectivity index (χ1) is 17.8. The summed E-state index contributed by atoms with van der Waals surface area (Å²) in [5.41, 5.74) is 5.58. The lowest BCUT2D eigenvalue weighted by atomic mass is 10.1. The number of halogens is 4. The van der Waals surface area contributed by atoms with Crippen LogP contribution < -0.4 is 27.0 Å². The molecule has 1 saturated heterocycles. The van der Waals surface area contributed by atoms with Gasteiger partial charge in [0.2, 0.25) is 5.91 Å². The Morgan fingerprint density at radius 2 is 1.89 bits per heavy atom. The van der Waals surface area contributed by atoms with E-state index in [4.69, 9.17) is 17.3 Å². The molecule has 0 radical (unpaired) electrons. The summed E-state index contributed by atoms with van der Waals surface area (Å²) in [6, 6.07) is 7.26. The summed E-state index contributed by atoms with van der Waals surface area (Å²) in [6.45, 7) is 5.11. The predicted molar refractivity (Wildman–Crippen MR) is 139 cm³/mol. The van der Waals surface area contributed by atoms with Crippen molar-refractivity contribution in [2.75, 3.05) is 30.7 Å².